The molecule has 0 fully saturated rings. The molecule has 0 saturated heterocycles. The highest BCUT2D eigenvalue weighted by Crippen LogP contribution is 2.32. The Hall–Kier alpha value is -4.77. The van der Waals surface area contributed by atoms with Crippen molar-refractivity contribution in [2.24, 2.45) is 5.92 Å². The molecule has 0 bridgehead atoms. The van der Waals surface area contributed by atoms with Gasteiger partial charge in [0.1, 0.15) is 6.04 Å². The normalized spacial score (nSPS) is 12.5. The van der Waals surface area contributed by atoms with Gasteiger partial charge in [0.05, 0.1) is 43.4 Å². The number of ether oxygens (including phenoxy) is 1. The summed E-state index contributed by atoms with van der Waals surface area (Å²) in [6.45, 7) is 11.5. The van der Waals surface area contributed by atoms with Crippen molar-refractivity contribution in [2.75, 3.05) is 7.11 Å². The van der Waals surface area contributed by atoms with E-state index in [4.69, 9.17) is 11.3 Å². The van der Waals surface area contributed by atoms with Crippen LogP contribution in [-0.2, 0) is 14.3 Å². The van der Waals surface area contributed by atoms with Crippen molar-refractivity contribution in [2.45, 2.75) is 38.8 Å². The largest absolute Gasteiger partial charge is 0.469 e. The van der Waals surface area contributed by atoms with Crippen LogP contribution in [0, 0.1) is 12.5 Å². The minimum atomic E-state index is -0.833. The number of benzene rings is 3. The van der Waals surface area contributed by atoms with Crippen molar-refractivity contribution in [3.05, 3.63) is 106 Å². The Bertz CT molecular complexity index is 1600. The Morgan fingerprint density at radius 1 is 1.05 bits per heavy atom. The van der Waals surface area contributed by atoms with Crippen LogP contribution in [0.15, 0.2) is 83.9 Å². The van der Waals surface area contributed by atoms with Gasteiger partial charge in [0.15, 0.2) is 5.69 Å². The number of hydrogen-bond donors (Lipinski definition) is 1. The first-order valence-electron chi connectivity index (χ1n) is 12.7. The van der Waals surface area contributed by atoms with E-state index in [9.17, 15) is 14.4 Å². The molecule has 0 saturated carbocycles. The monoisotopic (exact) mass is 522 g/mol. The maximum atomic E-state index is 13.8. The average Bonchev–Trinajstić information content (AvgIpc) is 2.96. The van der Waals surface area contributed by atoms with E-state index in [1.807, 2.05) is 50.2 Å². The van der Waals surface area contributed by atoms with E-state index in [0.717, 1.165) is 11.1 Å². The van der Waals surface area contributed by atoms with Gasteiger partial charge in [-0.15, -0.1) is 0 Å². The van der Waals surface area contributed by atoms with Crippen molar-refractivity contribution in [3.8, 4) is 11.1 Å². The number of carbonyl (C=O) groups is 2. The molecule has 39 heavy (non-hydrogen) atoms. The lowest BCUT2D eigenvalue weighted by atomic mass is 9.96. The lowest BCUT2D eigenvalue weighted by Crippen LogP contribution is -2.40. The molecule has 3 aromatic carbocycles. The second-order valence-electron chi connectivity index (χ2n) is 9.72. The number of esters is 1. The molecule has 8 nitrogen and oxygen atoms in total. The SMILES string of the molecule is [C-]#[N+]c1ccccc1-c1cccc([C@H](CC(=O)OC)NC(=O)[C@H](CC(C)C)n2cnc3ccccc3c2=O)c1. The van der Waals surface area contributed by atoms with Gasteiger partial charge in [0, 0.05) is 0 Å². The highest BCUT2D eigenvalue weighted by atomic mass is 16.5. The Morgan fingerprint density at radius 2 is 1.79 bits per heavy atom. The van der Waals surface area contributed by atoms with E-state index in [2.05, 4.69) is 15.1 Å². The van der Waals surface area contributed by atoms with Crippen molar-refractivity contribution in [1.82, 2.24) is 14.9 Å². The summed E-state index contributed by atoms with van der Waals surface area (Å²) in [4.78, 5) is 47.5. The molecule has 0 aliphatic rings. The predicted octanol–water partition coefficient (Wildman–Crippen LogP) is 5.62. The van der Waals surface area contributed by atoms with Crippen molar-refractivity contribution in [1.29, 1.82) is 0 Å². The van der Waals surface area contributed by atoms with Gasteiger partial charge in [-0.3, -0.25) is 19.0 Å². The first-order chi connectivity index (χ1) is 18.8. The number of nitrogens with zero attached hydrogens (tertiary/aromatic N) is 3. The summed E-state index contributed by atoms with van der Waals surface area (Å²) in [6.07, 6.45) is 1.71. The minimum absolute atomic E-state index is 0.102. The van der Waals surface area contributed by atoms with E-state index >= 15 is 0 Å². The summed E-state index contributed by atoms with van der Waals surface area (Å²) in [5.74, 6) is -0.785. The molecular weight excluding hydrogens is 492 g/mol. The molecule has 0 spiro atoms. The second kappa shape index (κ2) is 12.2. The second-order valence-corrected chi connectivity index (χ2v) is 9.72. The maximum Gasteiger partial charge on any atom is 0.307 e. The molecular formula is C31H30N4O4. The summed E-state index contributed by atoms with van der Waals surface area (Å²) < 4.78 is 6.29. The number of para-hydroxylation sites is 2. The van der Waals surface area contributed by atoms with E-state index in [0.29, 0.717) is 28.6 Å². The molecule has 198 valence electrons. The van der Waals surface area contributed by atoms with Crippen molar-refractivity contribution >= 4 is 28.5 Å². The molecule has 4 aromatic rings. The van der Waals surface area contributed by atoms with E-state index in [1.165, 1.54) is 18.0 Å². The smallest absolute Gasteiger partial charge is 0.307 e. The fraction of sp³-hybridized carbons (Fsp3) is 0.258. The van der Waals surface area contributed by atoms with E-state index in [1.54, 1.807) is 36.4 Å². The standard InChI is InChI=1S/C31H30N4O4/c1-20(2)16-28(35-19-33-26-15-8-6-13-24(26)31(35)38)30(37)34-27(18-29(36)39-4)22-11-9-10-21(17-22)23-12-5-7-14-25(23)32-3/h5-15,17,19-20,27-28H,16,18H2,1-2,4H3,(H,34,37)/t27-,28-/m0/s1. The Balaban J connectivity index is 1.72. The van der Waals surface area contributed by atoms with Crippen LogP contribution < -0.4 is 10.9 Å². The van der Waals surface area contributed by atoms with Gasteiger partial charge in [-0.1, -0.05) is 74.5 Å². The van der Waals surface area contributed by atoms with Crippen LogP contribution in [0.25, 0.3) is 26.9 Å². The average molecular weight is 523 g/mol. The third kappa shape index (κ3) is 6.21. The summed E-state index contributed by atoms with van der Waals surface area (Å²) in [7, 11) is 1.30. The fourth-order valence-corrected chi connectivity index (χ4v) is 4.61. The Kier molecular flexibility index (Phi) is 8.52. The van der Waals surface area contributed by atoms with Crippen LogP contribution in [-0.4, -0.2) is 28.5 Å². The first kappa shape index (κ1) is 27.3. The molecule has 0 aliphatic carbocycles. The lowest BCUT2D eigenvalue weighted by molar-refractivity contribution is -0.141. The molecule has 2 atom stereocenters. The van der Waals surface area contributed by atoms with Gasteiger partial charge in [-0.2, -0.15) is 0 Å². The van der Waals surface area contributed by atoms with Gasteiger partial charge >= 0.3 is 5.97 Å². The topological polar surface area (TPSA) is 94.7 Å². The van der Waals surface area contributed by atoms with Crippen LogP contribution in [0.5, 0.6) is 0 Å². The summed E-state index contributed by atoms with van der Waals surface area (Å²) >= 11 is 0. The number of methoxy groups -OCH3 is 1. The lowest BCUT2D eigenvalue weighted by Gasteiger charge is -2.25. The number of aromatic nitrogens is 2. The zero-order valence-corrected chi connectivity index (χ0v) is 22.1. The van der Waals surface area contributed by atoms with Crippen LogP contribution in [0.3, 0.4) is 0 Å². The van der Waals surface area contributed by atoms with Crippen molar-refractivity contribution < 1.29 is 14.3 Å². The highest BCUT2D eigenvalue weighted by molar-refractivity contribution is 5.83. The van der Waals surface area contributed by atoms with Gasteiger partial charge in [0.25, 0.3) is 5.56 Å². The highest BCUT2D eigenvalue weighted by Gasteiger charge is 2.28. The van der Waals surface area contributed by atoms with Crippen LogP contribution >= 0.6 is 0 Å². The molecule has 4 rings (SSSR count). The Labute approximate surface area is 227 Å². The minimum Gasteiger partial charge on any atom is -0.469 e. The van der Waals surface area contributed by atoms with E-state index < -0.39 is 24.0 Å². The number of carbonyl (C=O) groups excluding carboxylic acids is 2. The van der Waals surface area contributed by atoms with Gasteiger partial charge in [-0.05, 0) is 41.2 Å². The zero-order chi connectivity index (χ0) is 27.9. The predicted molar refractivity (Wildman–Crippen MR) is 150 cm³/mol. The summed E-state index contributed by atoms with van der Waals surface area (Å²) in [5.41, 5.74) is 2.98. The number of hydrogen-bond acceptors (Lipinski definition) is 5. The molecule has 0 radical (unpaired) electrons. The maximum absolute atomic E-state index is 13.8. The van der Waals surface area contributed by atoms with Crippen molar-refractivity contribution in [3.63, 3.8) is 0 Å². The van der Waals surface area contributed by atoms with E-state index in [-0.39, 0.29) is 17.9 Å². The van der Waals surface area contributed by atoms with Gasteiger partial charge in [0.2, 0.25) is 5.91 Å². The number of rotatable bonds is 9. The summed E-state index contributed by atoms with van der Waals surface area (Å²) in [6, 6.07) is 20.1. The van der Waals surface area contributed by atoms with Gasteiger partial charge < -0.3 is 10.1 Å². The molecule has 1 N–H and O–H groups in total. The molecule has 8 heteroatoms. The third-order valence-electron chi connectivity index (χ3n) is 6.56. The molecule has 0 unspecified atom stereocenters. The number of amides is 1. The first-order valence-corrected chi connectivity index (χ1v) is 12.7. The molecule has 1 aromatic heterocycles. The number of fused-ring (bicyclic) bond motifs is 1. The summed E-state index contributed by atoms with van der Waals surface area (Å²) in [5, 5.41) is 3.43. The fourth-order valence-electron chi connectivity index (χ4n) is 4.61. The molecule has 0 aliphatic heterocycles. The third-order valence-corrected chi connectivity index (χ3v) is 6.56. The van der Waals surface area contributed by atoms with Gasteiger partial charge in [-0.25, -0.2) is 9.83 Å². The van der Waals surface area contributed by atoms with Crippen LogP contribution in [0.2, 0.25) is 0 Å². The zero-order valence-electron chi connectivity index (χ0n) is 22.1. The quantitative estimate of drug-likeness (QED) is 0.227. The molecule has 1 heterocycles. The Morgan fingerprint density at radius 3 is 2.54 bits per heavy atom. The van der Waals surface area contributed by atoms with Crippen LogP contribution in [0.1, 0.15) is 44.3 Å². The molecule has 1 amide bonds. The van der Waals surface area contributed by atoms with Crippen LogP contribution in [0.4, 0.5) is 5.69 Å². The number of nitrogens with one attached hydrogen (secondary N) is 1.